The zero-order valence-electron chi connectivity index (χ0n) is 15.7. The third kappa shape index (κ3) is 3.92. The highest BCUT2D eigenvalue weighted by Gasteiger charge is 2.20. The maximum atomic E-state index is 12.5. The van der Waals surface area contributed by atoms with Crippen molar-refractivity contribution in [2.45, 2.75) is 23.9 Å². The number of hydrogen-bond donors (Lipinski definition) is 0. The Labute approximate surface area is 164 Å². The van der Waals surface area contributed by atoms with Gasteiger partial charge in [-0.25, -0.2) is 12.7 Å². The van der Waals surface area contributed by atoms with Gasteiger partial charge in [0.15, 0.2) is 11.0 Å². The smallest absolute Gasteiger partial charge is 0.242 e. The third-order valence-corrected chi connectivity index (χ3v) is 6.66. The van der Waals surface area contributed by atoms with Gasteiger partial charge in [-0.15, -0.1) is 10.2 Å². The van der Waals surface area contributed by atoms with Crippen molar-refractivity contribution >= 4 is 21.8 Å². The summed E-state index contributed by atoms with van der Waals surface area (Å²) in [5.74, 6) is 1.48. The standard InChI is InChI=1S/C19H22N4O2S2/c1-5-26-19-21-20-18(23(19)16-10-6-8-14(2)12-16)15-9-7-11-17(13-15)27(24,25)22(3)4/h6-13H,5H2,1-4H3. The second kappa shape index (κ2) is 7.84. The minimum atomic E-state index is -3.52. The summed E-state index contributed by atoms with van der Waals surface area (Å²) >= 11 is 1.60. The van der Waals surface area contributed by atoms with Crippen LogP contribution < -0.4 is 0 Å². The van der Waals surface area contributed by atoms with E-state index in [0.717, 1.165) is 22.2 Å². The van der Waals surface area contributed by atoms with Gasteiger partial charge in [-0.05, 0) is 42.5 Å². The van der Waals surface area contributed by atoms with E-state index in [4.69, 9.17) is 0 Å². The molecule has 0 radical (unpaired) electrons. The zero-order chi connectivity index (χ0) is 19.6. The summed E-state index contributed by atoms with van der Waals surface area (Å²) in [6.45, 7) is 4.09. The number of aromatic nitrogens is 3. The predicted molar refractivity (Wildman–Crippen MR) is 109 cm³/mol. The molecule has 1 aromatic heterocycles. The Hall–Kier alpha value is -2.16. The maximum absolute atomic E-state index is 12.5. The Balaban J connectivity index is 2.19. The van der Waals surface area contributed by atoms with Gasteiger partial charge in [0.2, 0.25) is 10.0 Å². The second-order valence-corrected chi connectivity index (χ2v) is 9.61. The molecule has 1 heterocycles. The van der Waals surface area contributed by atoms with Crippen LogP contribution in [0.4, 0.5) is 0 Å². The fraction of sp³-hybridized carbons (Fsp3) is 0.263. The maximum Gasteiger partial charge on any atom is 0.242 e. The fourth-order valence-electron chi connectivity index (χ4n) is 2.69. The Morgan fingerprint density at radius 1 is 1.07 bits per heavy atom. The SMILES string of the molecule is CCSc1nnc(-c2cccc(S(=O)(=O)N(C)C)c2)n1-c1cccc(C)c1. The normalized spacial score (nSPS) is 11.9. The van der Waals surface area contributed by atoms with E-state index in [1.165, 1.54) is 18.4 Å². The Morgan fingerprint density at radius 2 is 1.81 bits per heavy atom. The van der Waals surface area contributed by atoms with E-state index in [1.54, 1.807) is 30.0 Å². The van der Waals surface area contributed by atoms with Crippen LogP contribution in [0.15, 0.2) is 58.6 Å². The number of thioether (sulfide) groups is 1. The lowest BCUT2D eigenvalue weighted by molar-refractivity contribution is 0.521. The zero-order valence-corrected chi connectivity index (χ0v) is 17.4. The molecular formula is C19H22N4O2S2. The van der Waals surface area contributed by atoms with Gasteiger partial charge in [-0.2, -0.15) is 0 Å². The van der Waals surface area contributed by atoms with Gasteiger partial charge in [-0.1, -0.05) is 43.0 Å². The lowest BCUT2D eigenvalue weighted by Gasteiger charge is -2.13. The first-order chi connectivity index (χ1) is 12.8. The Bertz CT molecular complexity index is 1060. The molecule has 0 saturated carbocycles. The first kappa shape index (κ1) is 19.6. The van der Waals surface area contributed by atoms with E-state index in [-0.39, 0.29) is 4.90 Å². The molecule has 27 heavy (non-hydrogen) atoms. The van der Waals surface area contributed by atoms with Gasteiger partial charge < -0.3 is 0 Å². The molecule has 8 heteroatoms. The van der Waals surface area contributed by atoms with Crippen LogP contribution in [-0.2, 0) is 10.0 Å². The molecule has 0 N–H and O–H groups in total. The van der Waals surface area contributed by atoms with Crippen LogP contribution in [0, 0.1) is 6.92 Å². The van der Waals surface area contributed by atoms with E-state index < -0.39 is 10.0 Å². The molecule has 0 fully saturated rings. The third-order valence-electron chi connectivity index (χ3n) is 4.04. The van der Waals surface area contributed by atoms with Crippen molar-refractivity contribution < 1.29 is 8.42 Å². The quantitative estimate of drug-likeness (QED) is 0.589. The molecule has 0 aliphatic rings. The van der Waals surface area contributed by atoms with Crippen LogP contribution in [0.25, 0.3) is 17.1 Å². The predicted octanol–water partition coefficient (Wildman–Crippen LogP) is 3.61. The van der Waals surface area contributed by atoms with Crippen LogP contribution in [0.2, 0.25) is 0 Å². The summed E-state index contributed by atoms with van der Waals surface area (Å²) in [6.07, 6.45) is 0. The molecule has 0 spiro atoms. The summed E-state index contributed by atoms with van der Waals surface area (Å²) in [5, 5.41) is 9.47. The van der Waals surface area contributed by atoms with Crippen molar-refractivity contribution in [1.29, 1.82) is 0 Å². The van der Waals surface area contributed by atoms with Crippen LogP contribution in [-0.4, -0.2) is 47.3 Å². The molecule has 142 valence electrons. The Kier molecular flexibility index (Phi) is 5.69. The lowest BCUT2D eigenvalue weighted by Crippen LogP contribution is -2.22. The van der Waals surface area contributed by atoms with Crippen LogP contribution in [0.3, 0.4) is 0 Å². The van der Waals surface area contributed by atoms with E-state index in [0.29, 0.717) is 11.4 Å². The van der Waals surface area contributed by atoms with E-state index >= 15 is 0 Å². The molecule has 0 amide bonds. The van der Waals surface area contributed by atoms with Crippen molar-refractivity contribution in [2.75, 3.05) is 19.8 Å². The number of aryl methyl sites for hydroxylation is 1. The lowest BCUT2D eigenvalue weighted by atomic mass is 10.2. The van der Waals surface area contributed by atoms with E-state index in [2.05, 4.69) is 23.2 Å². The molecular weight excluding hydrogens is 380 g/mol. The highest BCUT2D eigenvalue weighted by molar-refractivity contribution is 7.99. The van der Waals surface area contributed by atoms with Crippen molar-refractivity contribution in [3.63, 3.8) is 0 Å². The highest BCUT2D eigenvalue weighted by Crippen LogP contribution is 2.29. The molecule has 0 bridgehead atoms. The van der Waals surface area contributed by atoms with Gasteiger partial charge in [0.25, 0.3) is 0 Å². The van der Waals surface area contributed by atoms with Gasteiger partial charge >= 0.3 is 0 Å². The van der Waals surface area contributed by atoms with Crippen molar-refractivity contribution in [1.82, 2.24) is 19.1 Å². The molecule has 0 aliphatic heterocycles. The van der Waals surface area contributed by atoms with Crippen molar-refractivity contribution in [3.05, 3.63) is 54.1 Å². The largest absolute Gasteiger partial charge is 0.270 e. The first-order valence-corrected chi connectivity index (χ1v) is 11.0. The van der Waals surface area contributed by atoms with Gasteiger partial charge in [0.1, 0.15) is 0 Å². The van der Waals surface area contributed by atoms with E-state index in [1.807, 2.05) is 35.8 Å². The number of sulfonamides is 1. The molecule has 3 rings (SSSR count). The molecule has 0 unspecified atom stereocenters. The monoisotopic (exact) mass is 402 g/mol. The average molecular weight is 403 g/mol. The average Bonchev–Trinajstić information content (AvgIpc) is 3.06. The number of nitrogens with zero attached hydrogens (tertiary/aromatic N) is 4. The fourth-order valence-corrected chi connectivity index (χ4v) is 4.31. The van der Waals surface area contributed by atoms with Gasteiger partial charge in [-0.3, -0.25) is 4.57 Å². The molecule has 0 atom stereocenters. The molecule has 0 aliphatic carbocycles. The molecule has 6 nitrogen and oxygen atoms in total. The second-order valence-electron chi connectivity index (χ2n) is 6.23. The minimum absolute atomic E-state index is 0.230. The molecule has 3 aromatic rings. The Morgan fingerprint density at radius 3 is 2.48 bits per heavy atom. The number of hydrogen-bond acceptors (Lipinski definition) is 5. The van der Waals surface area contributed by atoms with Crippen molar-refractivity contribution in [2.24, 2.45) is 0 Å². The first-order valence-electron chi connectivity index (χ1n) is 8.53. The van der Waals surface area contributed by atoms with Crippen LogP contribution in [0.1, 0.15) is 12.5 Å². The number of rotatable bonds is 6. The highest BCUT2D eigenvalue weighted by atomic mass is 32.2. The van der Waals surface area contributed by atoms with Crippen molar-refractivity contribution in [3.8, 4) is 17.1 Å². The van der Waals surface area contributed by atoms with Gasteiger partial charge in [0.05, 0.1) is 4.90 Å². The summed E-state index contributed by atoms with van der Waals surface area (Å²) in [4.78, 5) is 0.230. The number of benzene rings is 2. The molecule has 0 saturated heterocycles. The summed E-state index contributed by atoms with van der Waals surface area (Å²) < 4.78 is 28.2. The summed E-state index contributed by atoms with van der Waals surface area (Å²) in [5.41, 5.74) is 2.78. The van der Waals surface area contributed by atoms with E-state index in [9.17, 15) is 8.42 Å². The summed E-state index contributed by atoms with van der Waals surface area (Å²) in [7, 11) is -0.482. The summed E-state index contributed by atoms with van der Waals surface area (Å²) in [6, 6.07) is 14.9. The minimum Gasteiger partial charge on any atom is -0.270 e. The molecule has 2 aromatic carbocycles. The van der Waals surface area contributed by atoms with Crippen LogP contribution >= 0.6 is 11.8 Å². The topological polar surface area (TPSA) is 68.1 Å². The van der Waals surface area contributed by atoms with Gasteiger partial charge in [0, 0.05) is 25.3 Å². The van der Waals surface area contributed by atoms with Crippen LogP contribution in [0.5, 0.6) is 0 Å².